The number of carbonyl (C=O) groups excluding carboxylic acids is 1. The zero-order chi connectivity index (χ0) is 16.0. The molecule has 1 aromatic heterocycles. The molecule has 0 spiro atoms. The first-order chi connectivity index (χ1) is 10.2. The van der Waals surface area contributed by atoms with Crippen LogP contribution in [0.4, 0.5) is 0 Å². The molecular weight excluding hydrogens is 276 g/mol. The lowest BCUT2D eigenvalue weighted by molar-refractivity contribution is -0.00681. The number of rotatable bonds is 2. The predicted molar refractivity (Wildman–Crippen MR) is 88.0 cm³/mol. The maximum absolute atomic E-state index is 12.4. The van der Waals surface area contributed by atoms with Crippen molar-refractivity contribution in [3.63, 3.8) is 0 Å². The van der Waals surface area contributed by atoms with Gasteiger partial charge in [0.2, 0.25) is 0 Å². The monoisotopic (exact) mass is 300 g/mol. The van der Waals surface area contributed by atoms with Crippen molar-refractivity contribution in [1.29, 1.82) is 0 Å². The van der Waals surface area contributed by atoms with Crippen molar-refractivity contribution in [3.05, 3.63) is 36.0 Å². The number of carbonyl (C=O) groups is 1. The number of H-pyrrole nitrogens is 1. The van der Waals surface area contributed by atoms with Crippen LogP contribution in [0.25, 0.3) is 10.9 Å². The Balaban J connectivity index is 1.76. The van der Waals surface area contributed by atoms with Crippen molar-refractivity contribution in [2.75, 3.05) is 0 Å². The predicted octanol–water partition coefficient (Wildman–Crippen LogP) is 3.63. The van der Waals surface area contributed by atoms with Gasteiger partial charge in [0.25, 0.3) is 0 Å². The second-order valence-electron chi connectivity index (χ2n) is 7.60. The Bertz CT molecular complexity index is 651. The minimum Gasteiger partial charge on any atom is -0.458 e. The van der Waals surface area contributed by atoms with Crippen LogP contribution in [0.1, 0.15) is 51.0 Å². The summed E-state index contributed by atoms with van der Waals surface area (Å²) in [6.07, 6.45) is 1.58. The smallest absolute Gasteiger partial charge is 0.355 e. The molecule has 1 fully saturated rings. The fourth-order valence-corrected chi connectivity index (χ4v) is 3.71. The fraction of sp³-hybridized carbons (Fsp3) is 0.500. The molecule has 0 atom stereocenters. The average molecular weight is 300 g/mol. The number of hydrogen-bond acceptors (Lipinski definition) is 3. The number of ether oxygens (including phenoxy) is 1. The van der Waals surface area contributed by atoms with Crippen LogP contribution in [0.15, 0.2) is 30.3 Å². The third kappa shape index (κ3) is 3.17. The molecule has 0 amide bonds. The standard InChI is InChI=1S/C18H24N2O2/c1-17(2)10-13(11-18(3,4)20-17)22-16(21)15-9-12-7-5-6-8-14(12)19-15/h5-9,13,19-20H,10-11H2,1-4H3. The zero-order valence-corrected chi connectivity index (χ0v) is 13.7. The number of piperidine rings is 1. The van der Waals surface area contributed by atoms with Gasteiger partial charge >= 0.3 is 5.97 Å². The van der Waals surface area contributed by atoms with Crippen molar-refractivity contribution >= 4 is 16.9 Å². The lowest BCUT2D eigenvalue weighted by Gasteiger charge is -2.45. The van der Waals surface area contributed by atoms with E-state index in [1.807, 2.05) is 30.3 Å². The molecule has 2 aromatic rings. The van der Waals surface area contributed by atoms with Gasteiger partial charge in [-0.25, -0.2) is 4.79 Å². The molecule has 4 nitrogen and oxygen atoms in total. The lowest BCUT2D eigenvalue weighted by Crippen LogP contribution is -2.59. The Morgan fingerprint density at radius 2 is 1.77 bits per heavy atom. The summed E-state index contributed by atoms with van der Waals surface area (Å²) in [5.74, 6) is -0.269. The lowest BCUT2D eigenvalue weighted by atomic mass is 9.81. The maximum Gasteiger partial charge on any atom is 0.355 e. The highest BCUT2D eigenvalue weighted by molar-refractivity contribution is 5.94. The van der Waals surface area contributed by atoms with Crippen molar-refractivity contribution in [3.8, 4) is 0 Å². The highest BCUT2D eigenvalue weighted by Gasteiger charge is 2.39. The molecule has 2 N–H and O–H groups in total. The Hall–Kier alpha value is -1.81. The van der Waals surface area contributed by atoms with E-state index in [0.717, 1.165) is 23.7 Å². The largest absolute Gasteiger partial charge is 0.458 e. The SMILES string of the molecule is CC1(C)CC(OC(=O)c2cc3ccccc3[nH]2)CC(C)(C)N1. The van der Waals surface area contributed by atoms with Crippen LogP contribution in [0, 0.1) is 0 Å². The van der Waals surface area contributed by atoms with Crippen LogP contribution >= 0.6 is 0 Å². The Morgan fingerprint density at radius 3 is 2.41 bits per heavy atom. The van der Waals surface area contributed by atoms with Crippen LogP contribution in [-0.4, -0.2) is 28.1 Å². The van der Waals surface area contributed by atoms with Crippen LogP contribution in [-0.2, 0) is 4.74 Å². The van der Waals surface area contributed by atoms with Gasteiger partial charge in [0.15, 0.2) is 0 Å². The molecule has 0 radical (unpaired) electrons. The van der Waals surface area contributed by atoms with Crippen molar-refractivity contribution in [1.82, 2.24) is 10.3 Å². The molecule has 0 unspecified atom stereocenters. The van der Waals surface area contributed by atoms with Crippen LogP contribution in [0.5, 0.6) is 0 Å². The summed E-state index contributed by atoms with van der Waals surface area (Å²) >= 11 is 0. The molecule has 1 aliphatic rings. The van der Waals surface area contributed by atoms with Crippen LogP contribution in [0.3, 0.4) is 0 Å². The normalized spacial score (nSPS) is 20.9. The van der Waals surface area contributed by atoms with E-state index >= 15 is 0 Å². The van der Waals surface area contributed by atoms with Gasteiger partial charge in [-0.2, -0.15) is 0 Å². The van der Waals surface area contributed by atoms with E-state index in [1.165, 1.54) is 0 Å². The number of benzene rings is 1. The number of para-hydroxylation sites is 1. The molecule has 2 heterocycles. The summed E-state index contributed by atoms with van der Waals surface area (Å²) < 4.78 is 5.77. The van der Waals surface area contributed by atoms with Gasteiger partial charge in [-0.05, 0) is 39.8 Å². The van der Waals surface area contributed by atoms with E-state index in [0.29, 0.717) is 5.69 Å². The summed E-state index contributed by atoms with van der Waals surface area (Å²) in [5, 5.41) is 4.63. The molecule has 118 valence electrons. The minimum absolute atomic E-state index is 0.0346. The maximum atomic E-state index is 12.4. The minimum atomic E-state index is -0.269. The topological polar surface area (TPSA) is 54.1 Å². The fourth-order valence-electron chi connectivity index (χ4n) is 3.71. The Morgan fingerprint density at radius 1 is 1.14 bits per heavy atom. The second kappa shape index (κ2) is 5.13. The molecule has 0 saturated carbocycles. The van der Waals surface area contributed by atoms with Crippen molar-refractivity contribution in [2.24, 2.45) is 0 Å². The van der Waals surface area contributed by atoms with E-state index in [1.54, 1.807) is 0 Å². The van der Waals surface area contributed by atoms with Crippen LogP contribution < -0.4 is 5.32 Å². The number of aromatic amines is 1. The summed E-state index contributed by atoms with van der Waals surface area (Å²) in [5.41, 5.74) is 1.41. The van der Waals surface area contributed by atoms with E-state index < -0.39 is 0 Å². The Kier molecular flexibility index (Phi) is 3.52. The van der Waals surface area contributed by atoms with Gasteiger partial charge in [-0.3, -0.25) is 0 Å². The number of aromatic nitrogens is 1. The molecule has 0 aliphatic carbocycles. The van der Waals surface area contributed by atoms with Crippen molar-refractivity contribution in [2.45, 2.75) is 57.7 Å². The molecule has 1 aliphatic heterocycles. The molecule has 4 heteroatoms. The number of hydrogen-bond donors (Lipinski definition) is 2. The van der Waals surface area contributed by atoms with E-state index in [-0.39, 0.29) is 23.2 Å². The third-order valence-electron chi connectivity index (χ3n) is 4.18. The van der Waals surface area contributed by atoms with Gasteiger partial charge in [0, 0.05) is 34.8 Å². The van der Waals surface area contributed by atoms with Crippen LogP contribution in [0.2, 0.25) is 0 Å². The number of nitrogens with one attached hydrogen (secondary N) is 2. The molecular formula is C18H24N2O2. The summed E-state index contributed by atoms with van der Waals surface area (Å²) in [7, 11) is 0. The number of esters is 1. The Labute approximate surface area is 131 Å². The highest BCUT2D eigenvalue weighted by atomic mass is 16.5. The average Bonchev–Trinajstić information content (AvgIpc) is 2.78. The first-order valence-corrected chi connectivity index (χ1v) is 7.82. The molecule has 1 aromatic carbocycles. The van der Waals surface area contributed by atoms with Gasteiger partial charge in [-0.15, -0.1) is 0 Å². The van der Waals surface area contributed by atoms with Gasteiger partial charge in [-0.1, -0.05) is 18.2 Å². The van der Waals surface area contributed by atoms with Gasteiger partial charge in [0.1, 0.15) is 11.8 Å². The first kappa shape index (κ1) is 15.1. The highest BCUT2D eigenvalue weighted by Crippen LogP contribution is 2.31. The number of fused-ring (bicyclic) bond motifs is 1. The molecule has 22 heavy (non-hydrogen) atoms. The van der Waals surface area contributed by atoms with Gasteiger partial charge in [0.05, 0.1) is 0 Å². The molecule has 0 bridgehead atoms. The quantitative estimate of drug-likeness (QED) is 0.833. The second-order valence-corrected chi connectivity index (χ2v) is 7.60. The summed E-state index contributed by atoms with van der Waals surface area (Å²) in [6, 6.07) is 9.71. The molecule has 1 saturated heterocycles. The van der Waals surface area contributed by atoms with Crippen molar-refractivity contribution < 1.29 is 9.53 Å². The summed E-state index contributed by atoms with van der Waals surface area (Å²) in [6.45, 7) is 8.60. The first-order valence-electron chi connectivity index (χ1n) is 7.82. The van der Waals surface area contributed by atoms with Gasteiger partial charge < -0.3 is 15.0 Å². The van der Waals surface area contributed by atoms with E-state index in [9.17, 15) is 4.79 Å². The van der Waals surface area contributed by atoms with E-state index in [4.69, 9.17) is 4.74 Å². The molecule has 3 rings (SSSR count). The zero-order valence-electron chi connectivity index (χ0n) is 13.7. The van der Waals surface area contributed by atoms with E-state index in [2.05, 4.69) is 38.0 Å². The summed E-state index contributed by atoms with van der Waals surface area (Å²) in [4.78, 5) is 15.6. The third-order valence-corrected chi connectivity index (χ3v) is 4.18.